The predicted molar refractivity (Wildman–Crippen MR) is 470 cm³/mol. The number of fused-ring (bicyclic) bond motifs is 25. The lowest BCUT2D eigenvalue weighted by molar-refractivity contribution is 0.394. The summed E-state index contributed by atoms with van der Waals surface area (Å²) < 4.78 is 16.9. The van der Waals surface area contributed by atoms with Gasteiger partial charge in [0.25, 0.3) is 0 Å². The number of nitrogens with zero attached hydrogens (tertiary/aromatic N) is 2. The Morgan fingerprint density at radius 3 is 1.43 bits per heavy atom. The van der Waals surface area contributed by atoms with Crippen LogP contribution in [-0.2, 0) is 21.7 Å². The maximum absolute atomic E-state index is 7.33. The molecule has 4 heteroatoms. The first kappa shape index (κ1) is 72.2. The van der Waals surface area contributed by atoms with E-state index < -0.39 is 5.41 Å². The highest BCUT2D eigenvalue weighted by Crippen LogP contribution is 2.66. The molecule has 0 aliphatic heterocycles. The molecule has 0 fully saturated rings. The first-order valence-corrected chi connectivity index (χ1v) is 43.4. The van der Waals surface area contributed by atoms with E-state index in [1.165, 1.54) is 294 Å². The van der Waals surface area contributed by atoms with E-state index in [9.17, 15) is 0 Å². The molecule has 0 radical (unpaired) electrons. The summed E-state index contributed by atoms with van der Waals surface area (Å²) in [6.45, 7) is 19.4. The zero-order valence-corrected chi connectivity index (χ0v) is 67.1. The van der Waals surface area contributed by atoms with Gasteiger partial charge >= 0.3 is 0 Å². The van der Waals surface area contributed by atoms with Crippen molar-refractivity contribution in [1.82, 2.24) is 4.57 Å². The number of benzene rings is 11. The van der Waals surface area contributed by atoms with Crippen LogP contribution in [-0.4, -0.2) is 4.57 Å². The number of furan rings is 2. The van der Waals surface area contributed by atoms with Gasteiger partial charge in [0.15, 0.2) is 0 Å². The zero-order valence-electron chi connectivity index (χ0n) is 67.1. The fourth-order valence-corrected chi connectivity index (χ4v) is 22.2. The zero-order chi connectivity index (χ0) is 74.9. The monoisotopic (exact) mass is 1450 g/mol. The molecule has 3 heterocycles. The molecule has 0 amide bonds. The molecule has 4 aliphatic rings. The SMILES string of the molecule is CCCCCCCCC1(CCCCCCCC)c2cc(N(c3ccc4c(c3)C(C)(C)c3c5c(c6c(oc7ccccc76)c3-4)-c3ccccc3C5(C)C)c3cccc4c5ccccc5n(-c5ccccc5)c34)ccc2-c2cc3c(cc21)-c1c(ccc2oc4ccccc4c12)C3(CCCCCCCC)CCCCCCCC. The smallest absolute Gasteiger partial charge is 0.144 e. The van der Waals surface area contributed by atoms with Gasteiger partial charge in [-0.05, 0) is 188 Å². The summed E-state index contributed by atoms with van der Waals surface area (Å²) >= 11 is 0. The topological polar surface area (TPSA) is 34.5 Å². The average molecular weight is 1450 g/mol. The molecule has 3 aromatic heterocycles. The van der Waals surface area contributed by atoms with E-state index in [4.69, 9.17) is 8.83 Å². The van der Waals surface area contributed by atoms with Crippen molar-refractivity contribution in [2.24, 2.45) is 0 Å². The lowest BCUT2D eigenvalue weighted by atomic mass is 9.68. The quantitative estimate of drug-likeness (QED) is 0.0394. The molecule has 18 rings (SSSR count). The number of hydrogen-bond acceptors (Lipinski definition) is 3. The summed E-state index contributed by atoms with van der Waals surface area (Å²) in [7, 11) is 0. The maximum atomic E-state index is 7.33. The lowest BCUT2D eigenvalue weighted by Crippen LogP contribution is -2.27. The minimum atomic E-state index is -0.413. The van der Waals surface area contributed by atoms with Crippen molar-refractivity contribution in [1.29, 1.82) is 0 Å². The van der Waals surface area contributed by atoms with Gasteiger partial charge in [0.2, 0.25) is 0 Å². The molecular weight excluding hydrogens is 1330 g/mol. The van der Waals surface area contributed by atoms with Gasteiger partial charge in [-0.1, -0.05) is 337 Å². The number of unbranched alkanes of at least 4 members (excludes halogenated alkanes) is 20. The Morgan fingerprint density at radius 1 is 0.309 bits per heavy atom. The number of anilines is 3. The Balaban J connectivity index is 0.888. The van der Waals surface area contributed by atoms with Crippen LogP contribution in [0.15, 0.2) is 215 Å². The summed E-state index contributed by atoms with van der Waals surface area (Å²) in [6.07, 6.45) is 35.2. The van der Waals surface area contributed by atoms with Gasteiger partial charge in [0.05, 0.1) is 16.7 Å². The molecule has 0 N–H and O–H groups in total. The third-order valence-electron chi connectivity index (χ3n) is 27.5. The van der Waals surface area contributed by atoms with Crippen LogP contribution >= 0.6 is 0 Å². The second-order valence-corrected chi connectivity index (χ2v) is 34.9. The van der Waals surface area contributed by atoms with Gasteiger partial charge < -0.3 is 18.3 Å². The highest BCUT2D eigenvalue weighted by Gasteiger charge is 2.51. The van der Waals surface area contributed by atoms with E-state index in [1.54, 1.807) is 16.7 Å². The van der Waals surface area contributed by atoms with Crippen LogP contribution in [0.4, 0.5) is 17.1 Å². The highest BCUT2D eigenvalue weighted by molar-refractivity contribution is 6.22. The number of para-hydroxylation sites is 5. The van der Waals surface area contributed by atoms with Gasteiger partial charge in [-0.15, -0.1) is 0 Å². The van der Waals surface area contributed by atoms with Crippen LogP contribution in [0.1, 0.15) is 280 Å². The predicted octanol–water partition coefficient (Wildman–Crippen LogP) is 32.2. The molecule has 0 unspecified atom stereocenters. The van der Waals surface area contributed by atoms with E-state index in [-0.39, 0.29) is 16.2 Å². The van der Waals surface area contributed by atoms with Crippen molar-refractivity contribution in [3.05, 3.63) is 251 Å². The molecular formula is C106H114N2O2. The number of aromatic nitrogens is 1. The van der Waals surface area contributed by atoms with E-state index >= 15 is 0 Å². The molecule has 11 aromatic carbocycles. The third-order valence-corrected chi connectivity index (χ3v) is 27.5. The van der Waals surface area contributed by atoms with Gasteiger partial charge in [-0.25, -0.2) is 0 Å². The molecule has 110 heavy (non-hydrogen) atoms. The van der Waals surface area contributed by atoms with Gasteiger partial charge in [0.1, 0.15) is 22.3 Å². The van der Waals surface area contributed by atoms with Crippen molar-refractivity contribution in [3.63, 3.8) is 0 Å². The first-order chi connectivity index (χ1) is 54.0. The van der Waals surface area contributed by atoms with Crippen molar-refractivity contribution in [3.8, 4) is 50.2 Å². The Kier molecular flexibility index (Phi) is 19.5. The van der Waals surface area contributed by atoms with Crippen molar-refractivity contribution in [2.45, 2.75) is 257 Å². The minimum absolute atomic E-state index is 0.130. The summed E-state index contributed by atoms with van der Waals surface area (Å²) in [5.41, 5.74) is 32.9. The average Bonchev–Trinajstić information content (AvgIpc) is 1.51. The molecule has 0 saturated carbocycles. The van der Waals surface area contributed by atoms with Gasteiger partial charge in [-0.2, -0.15) is 0 Å². The van der Waals surface area contributed by atoms with Crippen LogP contribution in [0, 0.1) is 0 Å². The molecule has 0 spiro atoms. The molecule has 4 aliphatic carbocycles. The summed E-state index contributed by atoms with van der Waals surface area (Å²) in [5, 5.41) is 7.50. The van der Waals surface area contributed by atoms with Crippen LogP contribution in [0.25, 0.3) is 116 Å². The van der Waals surface area contributed by atoms with Crippen LogP contribution < -0.4 is 4.90 Å². The van der Waals surface area contributed by atoms with Crippen molar-refractivity contribution < 1.29 is 8.83 Å². The normalized spacial score (nSPS) is 14.9. The highest BCUT2D eigenvalue weighted by atomic mass is 16.3. The van der Waals surface area contributed by atoms with Gasteiger partial charge in [0, 0.05) is 76.6 Å². The van der Waals surface area contributed by atoms with Crippen LogP contribution in [0.3, 0.4) is 0 Å². The van der Waals surface area contributed by atoms with E-state index in [0.29, 0.717) is 0 Å². The Morgan fingerprint density at radius 2 is 0.782 bits per heavy atom. The molecule has 14 aromatic rings. The standard InChI is InChI=1S/C106H114N2O2/c1-9-13-17-21-25-40-63-105(64-41-26-22-18-14-10-2)84-61-62-93-95(79-49-34-38-55-91(79)109-93)94(84)82-70-87-81(69-88(82)105)74-59-57-73(68-86(74)106(87,65-42-27-23-19-15-11-3)66-43-28-24-20-16-12-4)107(90-54-44-51-76-75-47-33-37-53-89(75)108(101(76)90)71-45-30-29-31-46-71)72-58-60-78-85(67-72)104(7,8)100-98(78)102-97(80-50-35-39-56-92(80)110-102)96-77-48-32-36-52-83(77)103(5,6)99(96)100/h29-39,44-62,67-70H,9-28,40-43,63-66H2,1-8H3. The second kappa shape index (κ2) is 29.7. The summed E-state index contributed by atoms with van der Waals surface area (Å²) in [6, 6.07) is 80.7. The second-order valence-electron chi connectivity index (χ2n) is 34.9. The molecule has 4 nitrogen and oxygen atoms in total. The van der Waals surface area contributed by atoms with E-state index in [1.807, 2.05) is 0 Å². The van der Waals surface area contributed by atoms with Crippen LogP contribution in [0.2, 0.25) is 0 Å². The minimum Gasteiger partial charge on any atom is -0.456 e. The van der Waals surface area contributed by atoms with Gasteiger partial charge in [-0.3, -0.25) is 0 Å². The fraction of sp³-hybridized carbons (Fsp3) is 0.377. The Labute approximate surface area is 654 Å². The van der Waals surface area contributed by atoms with E-state index in [0.717, 1.165) is 46.5 Å². The maximum Gasteiger partial charge on any atom is 0.144 e. The molecule has 0 saturated heterocycles. The lowest BCUT2D eigenvalue weighted by Gasteiger charge is -2.35. The molecule has 0 bridgehead atoms. The first-order valence-electron chi connectivity index (χ1n) is 43.4. The Bertz CT molecular complexity index is 5750. The molecule has 560 valence electrons. The third kappa shape index (κ3) is 11.7. The van der Waals surface area contributed by atoms with Crippen molar-refractivity contribution >= 4 is 82.7 Å². The Hall–Kier alpha value is -9.38. The van der Waals surface area contributed by atoms with Crippen LogP contribution in [0.5, 0.6) is 0 Å². The number of rotatable bonds is 32. The number of hydrogen-bond donors (Lipinski definition) is 0. The summed E-state index contributed by atoms with van der Waals surface area (Å²) in [4.78, 5) is 2.72. The van der Waals surface area contributed by atoms with E-state index in [2.05, 4.69) is 271 Å². The molecule has 0 atom stereocenters. The largest absolute Gasteiger partial charge is 0.456 e. The summed E-state index contributed by atoms with van der Waals surface area (Å²) in [5.74, 6) is 0. The van der Waals surface area contributed by atoms with Crippen molar-refractivity contribution in [2.75, 3.05) is 4.90 Å². The fourth-order valence-electron chi connectivity index (χ4n) is 22.2.